The lowest BCUT2D eigenvalue weighted by molar-refractivity contribution is 1.18. The molecular formula is C12H11ClN8O. The van der Waals surface area contributed by atoms with Crippen molar-refractivity contribution in [3.63, 3.8) is 0 Å². The zero-order valence-corrected chi connectivity index (χ0v) is 11.8. The Morgan fingerprint density at radius 1 is 0.955 bits per heavy atom. The van der Waals surface area contributed by atoms with E-state index in [2.05, 4.69) is 29.9 Å². The number of hydrogen-bond acceptors (Lipinski definition) is 6. The molecule has 0 radical (unpaired) electrons. The molecule has 4 aromatic rings. The second-order valence-electron chi connectivity index (χ2n) is 4.30. The van der Waals surface area contributed by atoms with Crippen LogP contribution in [-0.4, -0.2) is 29.9 Å². The standard InChI is InChI=1S/C6H5ClN4.C6H6N4O/c7-4-3-1-2-9-5(3)11-6(8)10-4;7-6-9-4-3(1-2-8-4)5(11)10-6/h1-2H,(H3,8,9,10,11);1-2H,(H4,7,8,9,10,11). The van der Waals surface area contributed by atoms with E-state index in [1.54, 1.807) is 24.5 Å². The van der Waals surface area contributed by atoms with Crippen LogP contribution < -0.4 is 17.0 Å². The van der Waals surface area contributed by atoms with E-state index >= 15 is 0 Å². The number of nitrogens with two attached hydrogens (primary N) is 2. The van der Waals surface area contributed by atoms with E-state index < -0.39 is 0 Å². The molecule has 0 aliphatic carbocycles. The third-order valence-corrected chi connectivity index (χ3v) is 3.12. The monoisotopic (exact) mass is 318 g/mol. The summed E-state index contributed by atoms with van der Waals surface area (Å²) in [6.07, 6.45) is 3.39. The Morgan fingerprint density at radius 3 is 2.32 bits per heavy atom. The minimum absolute atomic E-state index is 0.130. The third-order valence-electron chi connectivity index (χ3n) is 2.83. The normalized spacial score (nSPS) is 10.6. The van der Waals surface area contributed by atoms with Gasteiger partial charge >= 0.3 is 0 Å². The molecule has 0 saturated heterocycles. The highest BCUT2D eigenvalue weighted by Gasteiger charge is 2.03. The Morgan fingerprint density at radius 2 is 1.59 bits per heavy atom. The average molecular weight is 319 g/mol. The van der Waals surface area contributed by atoms with Gasteiger partial charge in [0.15, 0.2) is 0 Å². The lowest BCUT2D eigenvalue weighted by atomic mass is 10.4. The predicted molar refractivity (Wildman–Crippen MR) is 84.4 cm³/mol. The number of aromatic amines is 3. The van der Waals surface area contributed by atoms with Crippen LogP contribution in [0.1, 0.15) is 0 Å². The molecule has 112 valence electrons. The van der Waals surface area contributed by atoms with Gasteiger partial charge in [0, 0.05) is 12.4 Å². The van der Waals surface area contributed by atoms with Crippen molar-refractivity contribution in [2.75, 3.05) is 11.5 Å². The number of aromatic nitrogens is 6. The number of H-pyrrole nitrogens is 3. The molecule has 0 unspecified atom stereocenters. The van der Waals surface area contributed by atoms with Crippen molar-refractivity contribution in [3.05, 3.63) is 40.0 Å². The number of anilines is 2. The first-order chi connectivity index (χ1) is 10.5. The van der Waals surface area contributed by atoms with Crippen molar-refractivity contribution in [2.45, 2.75) is 0 Å². The van der Waals surface area contributed by atoms with Crippen LogP contribution in [0.2, 0.25) is 5.15 Å². The maximum atomic E-state index is 11.1. The highest BCUT2D eigenvalue weighted by atomic mass is 35.5. The van der Waals surface area contributed by atoms with Crippen molar-refractivity contribution < 1.29 is 0 Å². The highest BCUT2D eigenvalue weighted by Crippen LogP contribution is 2.18. The van der Waals surface area contributed by atoms with Crippen molar-refractivity contribution in [1.82, 2.24) is 29.9 Å². The summed E-state index contributed by atoms with van der Waals surface area (Å²) in [5.74, 6) is 0.315. The van der Waals surface area contributed by atoms with Gasteiger partial charge in [0.25, 0.3) is 5.56 Å². The molecule has 0 fully saturated rings. The first kappa shape index (κ1) is 13.9. The minimum Gasteiger partial charge on any atom is -0.369 e. The maximum absolute atomic E-state index is 11.1. The van der Waals surface area contributed by atoms with Gasteiger partial charge in [-0.1, -0.05) is 11.6 Å². The Labute approximate surface area is 127 Å². The van der Waals surface area contributed by atoms with Crippen LogP contribution in [-0.2, 0) is 0 Å². The van der Waals surface area contributed by atoms with Crippen molar-refractivity contribution >= 4 is 45.6 Å². The van der Waals surface area contributed by atoms with E-state index in [0.717, 1.165) is 5.39 Å². The second kappa shape index (κ2) is 5.37. The number of hydrogen-bond donors (Lipinski definition) is 5. The molecule has 0 aliphatic rings. The Kier molecular flexibility index (Phi) is 3.39. The van der Waals surface area contributed by atoms with E-state index in [-0.39, 0.29) is 17.5 Å². The molecule has 0 aliphatic heterocycles. The van der Waals surface area contributed by atoms with Crippen LogP contribution >= 0.6 is 11.6 Å². The van der Waals surface area contributed by atoms with Crippen LogP contribution in [0.25, 0.3) is 22.1 Å². The number of fused-ring (bicyclic) bond motifs is 2. The Balaban J connectivity index is 0.000000131. The number of rotatable bonds is 0. The molecule has 0 saturated carbocycles. The summed E-state index contributed by atoms with van der Waals surface area (Å²) < 4.78 is 0. The molecular weight excluding hydrogens is 308 g/mol. The smallest absolute Gasteiger partial charge is 0.261 e. The highest BCUT2D eigenvalue weighted by molar-refractivity contribution is 6.34. The Bertz CT molecular complexity index is 1000. The molecule has 10 heteroatoms. The molecule has 0 bridgehead atoms. The van der Waals surface area contributed by atoms with Gasteiger partial charge < -0.3 is 21.4 Å². The van der Waals surface area contributed by atoms with Gasteiger partial charge in [-0.05, 0) is 12.1 Å². The SMILES string of the molecule is Nc1nc(Cl)c2cc[nH]c2n1.Nc1nc2[nH]ccc2c(=O)[nH]1. The summed E-state index contributed by atoms with van der Waals surface area (Å²) in [7, 11) is 0. The summed E-state index contributed by atoms with van der Waals surface area (Å²) in [5, 5.41) is 1.70. The predicted octanol–water partition coefficient (Wildman–Crippen LogP) is 1.03. The summed E-state index contributed by atoms with van der Waals surface area (Å²) in [5.41, 5.74) is 11.6. The van der Waals surface area contributed by atoms with E-state index in [9.17, 15) is 4.79 Å². The van der Waals surface area contributed by atoms with Gasteiger partial charge in [-0.25, -0.2) is 4.98 Å². The summed E-state index contributed by atoms with van der Waals surface area (Å²) in [6.45, 7) is 0. The molecule has 4 rings (SSSR count). The summed E-state index contributed by atoms with van der Waals surface area (Å²) in [6, 6.07) is 3.46. The summed E-state index contributed by atoms with van der Waals surface area (Å²) >= 11 is 5.75. The van der Waals surface area contributed by atoms with Crippen LogP contribution in [0.5, 0.6) is 0 Å². The van der Waals surface area contributed by atoms with Crippen molar-refractivity contribution in [2.24, 2.45) is 0 Å². The molecule has 0 amide bonds. The van der Waals surface area contributed by atoms with Gasteiger partial charge in [0.05, 0.1) is 10.8 Å². The topological polar surface area (TPSA) is 155 Å². The zero-order valence-electron chi connectivity index (χ0n) is 11.1. The third kappa shape index (κ3) is 2.56. The fourth-order valence-corrected chi connectivity index (χ4v) is 2.13. The lowest BCUT2D eigenvalue weighted by Gasteiger charge is -1.93. The fraction of sp³-hybridized carbons (Fsp3) is 0. The minimum atomic E-state index is -0.214. The van der Waals surface area contributed by atoms with Gasteiger partial charge in [-0.3, -0.25) is 9.78 Å². The molecule has 4 heterocycles. The van der Waals surface area contributed by atoms with Gasteiger partial charge in [0.1, 0.15) is 16.4 Å². The van der Waals surface area contributed by atoms with Gasteiger partial charge in [-0.2, -0.15) is 9.97 Å². The molecule has 7 N–H and O–H groups in total. The van der Waals surface area contributed by atoms with Gasteiger partial charge in [0.2, 0.25) is 11.9 Å². The number of halogens is 1. The largest absolute Gasteiger partial charge is 0.369 e. The number of nitrogens with zero attached hydrogens (tertiary/aromatic N) is 3. The van der Waals surface area contributed by atoms with E-state index in [1.165, 1.54) is 0 Å². The van der Waals surface area contributed by atoms with Crippen LogP contribution in [0.15, 0.2) is 29.3 Å². The first-order valence-corrected chi connectivity index (χ1v) is 6.51. The fourth-order valence-electron chi connectivity index (χ4n) is 1.89. The number of nitrogen functional groups attached to an aromatic ring is 2. The van der Waals surface area contributed by atoms with E-state index in [4.69, 9.17) is 23.1 Å². The molecule has 9 nitrogen and oxygen atoms in total. The second-order valence-corrected chi connectivity index (χ2v) is 4.66. The van der Waals surface area contributed by atoms with Gasteiger partial charge in [-0.15, -0.1) is 0 Å². The molecule has 0 spiro atoms. The maximum Gasteiger partial charge on any atom is 0.261 e. The molecule has 0 atom stereocenters. The summed E-state index contributed by atoms with van der Waals surface area (Å²) in [4.78, 5) is 30.7. The Hall–Kier alpha value is -3.07. The van der Waals surface area contributed by atoms with E-state index in [1.807, 2.05) is 0 Å². The quantitative estimate of drug-likeness (QED) is 0.305. The van der Waals surface area contributed by atoms with Crippen LogP contribution in [0.4, 0.5) is 11.9 Å². The van der Waals surface area contributed by atoms with E-state index in [0.29, 0.717) is 21.8 Å². The van der Waals surface area contributed by atoms with Crippen molar-refractivity contribution in [1.29, 1.82) is 0 Å². The lowest BCUT2D eigenvalue weighted by Crippen LogP contribution is -2.09. The first-order valence-electron chi connectivity index (χ1n) is 6.13. The average Bonchev–Trinajstić information content (AvgIpc) is 3.07. The molecule has 22 heavy (non-hydrogen) atoms. The molecule has 0 aromatic carbocycles. The zero-order chi connectivity index (χ0) is 15.7. The number of nitrogens with one attached hydrogen (secondary N) is 3. The van der Waals surface area contributed by atoms with Crippen molar-refractivity contribution in [3.8, 4) is 0 Å². The van der Waals surface area contributed by atoms with Crippen LogP contribution in [0, 0.1) is 0 Å². The van der Waals surface area contributed by atoms with Crippen LogP contribution in [0.3, 0.4) is 0 Å². The molecule has 4 aromatic heterocycles.